The molecular weight excluding hydrogens is 294 g/mol. The molecule has 18 heavy (non-hydrogen) atoms. The van der Waals surface area contributed by atoms with Crippen LogP contribution in [0.1, 0.15) is 25.3 Å². The van der Waals surface area contributed by atoms with Crippen LogP contribution in [0.25, 0.3) is 0 Å². The van der Waals surface area contributed by atoms with Crippen LogP contribution in [0.5, 0.6) is 0 Å². The molecule has 1 aromatic carbocycles. The zero-order chi connectivity index (χ0) is 13.5. The van der Waals surface area contributed by atoms with E-state index in [1.165, 1.54) is 0 Å². The molecule has 5 heteroatoms. The predicted molar refractivity (Wildman–Crippen MR) is 74.9 cm³/mol. The van der Waals surface area contributed by atoms with Gasteiger partial charge in [0.15, 0.2) is 0 Å². The van der Waals surface area contributed by atoms with Gasteiger partial charge in [-0.3, -0.25) is 4.79 Å². The smallest absolute Gasteiger partial charge is 0.224 e. The van der Waals surface area contributed by atoms with Crippen LogP contribution in [-0.4, -0.2) is 12.5 Å². The third-order valence-corrected chi connectivity index (χ3v) is 3.29. The van der Waals surface area contributed by atoms with E-state index in [-0.39, 0.29) is 5.91 Å². The van der Waals surface area contributed by atoms with E-state index in [1.54, 1.807) is 18.2 Å². The first kappa shape index (κ1) is 14.7. The maximum atomic E-state index is 11.7. The maximum absolute atomic E-state index is 11.7. The second kappa shape index (κ2) is 7.14. The summed E-state index contributed by atoms with van der Waals surface area (Å²) >= 11 is 3.32. The lowest BCUT2D eigenvalue weighted by atomic mass is 10.1. The van der Waals surface area contributed by atoms with E-state index in [9.17, 15) is 4.79 Å². The Hall–Kier alpha value is -1.38. The van der Waals surface area contributed by atoms with Crippen molar-refractivity contribution in [3.05, 3.63) is 28.2 Å². The summed E-state index contributed by atoms with van der Waals surface area (Å²) in [5, 5.41) is 11.5. The Morgan fingerprint density at radius 2 is 2.33 bits per heavy atom. The first-order valence-corrected chi connectivity index (χ1v) is 6.55. The number of carbonyl (C=O) groups is 1. The quantitative estimate of drug-likeness (QED) is 0.877. The molecule has 0 saturated carbocycles. The van der Waals surface area contributed by atoms with E-state index in [0.29, 0.717) is 34.6 Å². The normalized spacial score (nSPS) is 11.7. The van der Waals surface area contributed by atoms with Crippen molar-refractivity contribution in [3.63, 3.8) is 0 Å². The number of rotatable bonds is 5. The van der Waals surface area contributed by atoms with Crippen LogP contribution in [0.4, 0.5) is 5.69 Å². The van der Waals surface area contributed by atoms with Crippen LogP contribution in [-0.2, 0) is 4.79 Å². The summed E-state index contributed by atoms with van der Waals surface area (Å²) in [5.41, 5.74) is 6.73. The Labute approximate surface area is 115 Å². The van der Waals surface area contributed by atoms with Gasteiger partial charge in [0.2, 0.25) is 5.91 Å². The average molecular weight is 310 g/mol. The Morgan fingerprint density at radius 3 is 2.89 bits per heavy atom. The van der Waals surface area contributed by atoms with E-state index >= 15 is 0 Å². The minimum absolute atomic E-state index is 0.0410. The van der Waals surface area contributed by atoms with Crippen molar-refractivity contribution in [2.75, 3.05) is 11.9 Å². The van der Waals surface area contributed by atoms with Crippen molar-refractivity contribution in [1.82, 2.24) is 0 Å². The number of halogens is 1. The highest BCUT2D eigenvalue weighted by Crippen LogP contribution is 2.23. The fourth-order valence-electron chi connectivity index (χ4n) is 1.39. The number of benzene rings is 1. The first-order valence-electron chi connectivity index (χ1n) is 5.76. The summed E-state index contributed by atoms with van der Waals surface area (Å²) < 4.78 is 0.710. The summed E-state index contributed by atoms with van der Waals surface area (Å²) in [5.74, 6) is 0.306. The standard InChI is InChI=1S/C13H16BrN3O/c1-9(7-15)2-5-13(18)17-12-4-3-10(8-16)6-11(12)14/h3-4,6,9H,2,5,7,15H2,1H3,(H,17,18). The van der Waals surface area contributed by atoms with Gasteiger partial charge >= 0.3 is 0 Å². The SMILES string of the molecule is CC(CN)CCC(=O)Nc1ccc(C#N)cc1Br. The van der Waals surface area contributed by atoms with Gasteiger partial charge in [0, 0.05) is 10.9 Å². The van der Waals surface area contributed by atoms with Gasteiger partial charge in [-0.2, -0.15) is 5.26 Å². The molecule has 0 aliphatic heterocycles. The fraction of sp³-hybridized carbons (Fsp3) is 0.385. The number of carbonyl (C=O) groups excluding carboxylic acids is 1. The van der Waals surface area contributed by atoms with Gasteiger partial charge < -0.3 is 11.1 Å². The van der Waals surface area contributed by atoms with Gasteiger partial charge in [-0.25, -0.2) is 0 Å². The Kier molecular flexibility index (Phi) is 5.83. The van der Waals surface area contributed by atoms with Gasteiger partial charge in [0.05, 0.1) is 17.3 Å². The van der Waals surface area contributed by atoms with Gasteiger partial charge in [-0.15, -0.1) is 0 Å². The molecule has 0 heterocycles. The van der Waals surface area contributed by atoms with Crippen molar-refractivity contribution >= 4 is 27.5 Å². The van der Waals surface area contributed by atoms with E-state index in [2.05, 4.69) is 21.2 Å². The Morgan fingerprint density at radius 1 is 1.61 bits per heavy atom. The van der Waals surface area contributed by atoms with Crippen molar-refractivity contribution < 1.29 is 4.79 Å². The fourth-order valence-corrected chi connectivity index (χ4v) is 1.87. The van der Waals surface area contributed by atoms with Crippen LogP contribution in [0.15, 0.2) is 22.7 Å². The van der Waals surface area contributed by atoms with Gasteiger partial charge in [0.1, 0.15) is 0 Å². The molecule has 1 amide bonds. The number of nitrogens with two attached hydrogens (primary N) is 1. The molecular formula is C13H16BrN3O. The number of hydrogen-bond donors (Lipinski definition) is 2. The third-order valence-electron chi connectivity index (χ3n) is 2.64. The lowest BCUT2D eigenvalue weighted by Crippen LogP contribution is -2.16. The molecule has 0 aliphatic carbocycles. The zero-order valence-electron chi connectivity index (χ0n) is 10.2. The molecule has 0 fully saturated rings. The number of hydrogen-bond acceptors (Lipinski definition) is 3. The lowest BCUT2D eigenvalue weighted by molar-refractivity contribution is -0.116. The Balaban J connectivity index is 2.57. The highest BCUT2D eigenvalue weighted by molar-refractivity contribution is 9.10. The van der Waals surface area contributed by atoms with E-state index in [1.807, 2.05) is 13.0 Å². The largest absolute Gasteiger partial charge is 0.330 e. The minimum atomic E-state index is -0.0410. The van der Waals surface area contributed by atoms with Crippen LogP contribution in [0.3, 0.4) is 0 Å². The van der Waals surface area contributed by atoms with Gasteiger partial charge in [-0.1, -0.05) is 6.92 Å². The summed E-state index contributed by atoms with van der Waals surface area (Å²) in [6, 6.07) is 7.10. The molecule has 0 saturated heterocycles. The second-order valence-corrected chi connectivity index (χ2v) is 5.09. The Bertz CT molecular complexity index is 468. The molecule has 1 atom stereocenters. The predicted octanol–water partition coefficient (Wildman–Crippen LogP) is 2.63. The molecule has 0 spiro atoms. The van der Waals surface area contributed by atoms with Crippen LogP contribution in [0, 0.1) is 17.2 Å². The first-order chi connectivity index (χ1) is 8.56. The molecule has 0 aliphatic rings. The second-order valence-electron chi connectivity index (χ2n) is 4.23. The number of anilines is 1. The molecule has 0 bridgehead atoms. The summed E-state index contributed by atoms with van der Waals surface area (Å²) in [7, 11) is 0. The van der Waals surface area contributed by atoms with Crippen LogP contribution >= 0.6 is 15.9 Å². The number of nitrogens with one attached hydrogen (secondary N) is 1. The van der Waals surface area contributed by atoms with Crippen molar-refractivity contribution in [1.29, 1.82) is 5.26 Å². The molecule has 0 radical (unpaired) electrons. The van der Waals surface area contributed by atoms with Crippen molar-refractivity contribution in [2.24, 2.45) is 11.7 Å². The summed E-state index contributed by atoms with van der Waals surface area (Å²) in [6.07, 6.45) is 1.22. The molecule has 3 N–H and O–H groups in total. The maximum Gasteiger partial charge on any atom is 0.224 e. The monoisotopic (exact) mass is 309 g/mol. The topological polar surface area (TPSA) is 78.9 Å². The number of nitrogens with zero attached hydrogens (tertiary/aromatic N) is 1. The highest BCUT2D eigenvalue weighted by Gasteiger charge is 2.08. The zero-order valence-corrected chi connectivity index (χ0v) is 11.8. The van der Waals surface area contributed by atoms with E-state index in [0.717, 1.165) is 6.42 Å². The number of nitriles is 1. The molecule has 0 aromatic heterocycles. The molecule has 4 nitrogen and oxygen atoms in total. The molecule has 1 unspecified atom stereocenters. The summed E-state index contributed by atoms with van der Waals surface area (Å²) in [6.45, 7) is 2.61. The van der Waals surface area contributed by atoms with Gasteiger partial charge in [0.25, 0.3) is 0 Å². The molecule has 96 valence electrons. The van der Waals surface area contributed by atoms with E-state index in [4.69, 9.17) is 11.0 Å². The molecule has 1 aromatic rings. The van der Waals surface area contributed by atoms with Crippen LogP contribution in [0.2, 0.25) is 0 Å². The van der Waals surface area contributed by atoms with Crippen molar-refractivity contribution in [2.45, 2.75) is 19.8 Å². The minimum Gasteiger partial charge on any atom is -0.330 e. The number of amides is 1. The molecule has 1 rings (SSSR count). The van der Waals surface area contributed by atoms with Crippen LogP contribution < -0.4 is 11.1 Å². The highest BCUT2D eigenvalue weighted by atomic mass is 79.9. The van der Waals surface area contributed by atoms with Gasteiger partial charge in [-0.05, 0) is 53.0 Å². The lowest BCUT2D eigenvalue weighted by Gasteiger charge is -2.10. The van der Waals surface area contributed by atoms with Crippen molar-refractivity contribution in [3.8, 4) is 6.07 Å². The summed E-state index contributed by atoms with van der Waals surface area (Å²) in [4.78, 5) is 11.7. The average Bonchev–Trinajstić information content (AvgIpc) is 2.38. The third kappa shape index (κ3) is 4.47. The van der Waals surface area contributed by atoms with E-state index < -0.39 is 0 Å².